The summed E-state index contributed by atoms with van der Waals surface area (Å²) >= 11 is 0. The third kappa shape index (κ3) is 5.64. The van der Waals surface area contributed by atoms with Crippen molar-refractivity contribution in [1.29, 1.82) is 0 Å². The molecule has 1 amide bonds. The Morgan fingerprint density at radius 3 is 2.43 bits per heavy atom. The monoisotopic (exact) mass is 325 g/mol. The lowest BCUT2D eigenvalue weighted by Gasteiger charge is -2.42. The molecule has 5 heteroatoms. The summed E-state index contributed by atoms with van der Waals surface area (Å²) in [5.74, 6) is 1.39. The SMILES string of the molecule is CC(C)[C@H]1CNCCN1CC1CCN(C(=O)OC(C)(C)C)CC1. The number of piperazine rings is 1. The number of hydrogen-bond acceptors (Lipinski definition) is 4. The molecule has 2 saturated heterocycles. The van der Waals surface area contributed by atoms with Gasteiger partial charge in [0.2, 0.25) is 0 Å². The number of carbonyl (C=O) groups excluding carboxylic acids is 1. The molecule has 2 heterocycles. The second kappa shape index (κ2) is 7.84. The highest BCUT2D eigenvalue weighted by molar-refractivity contribution is 5.68. The molecule has 0 bridgehead atoms. The van der Waals surface area contributed by atoms with Gasteiger partial charge in [-0.1, -0.05) is 13.8 Å². The molecule has 1 N–H and O–H groups in total. The molecule has 2 aliphatic heterocycles. The first-order chi connectivity index (χ1) is 10.8. The zero-order chi connectivity index (χ0) is 17.0. The van der Waals surface area contributed by atoms with Crippen LogP contribution in [0.3, 0.4) is 0 Å². The summed E-state index contributed by atoms with van der Waals surface area (Å²) in [7, 11) is 0. The summed E-state index contributed by atoms with van der Waals surface area (Å²) in [5.41, 5.74) is -0.404. The van der Waals surface area contributed by atoms with Crippen molar-refractivity contribution in [3.05, 3.63) is 0 Å². The average molecular weight is 325 g/mol. The molecule has 2 rings (SSSR count). The number of rotatable bonds is 3. The number of nitrogens with zero attached hydrogens (tertiary/aromatic N) is 2. The van der Waals surface area contributed by atoms with Crippen LogP contribution in [0.25, 0.3) is 0 Å². The number of likely N-dealkylation sites (tertiary alicyclic amines) is 1. The van der Waals surface area contributed by atoms with E-state index in [0.29, 0.717) is 17.9 Å². The van der Waals surface area contributed by atoms with Crippen molar-refractivity contribution in [3.8, 4) is 0 Å². The first-order valence-electron chi connectivity index (χ1n) is 9.19. The minimum atomic E-state index is -0.404. The van der Waals surface area contributed by atoms with Crippen molar-refractivity contribution in [1.82, 2.24) is 15.1 Å². The molecule has 23 heavy (non-hydrogen) atoms. The summed E-state index contributed by atoms with van der Waals surface area (Å²) in [5, 5.41) is 3.52. The Labute approximate surface area is 141 Å². The summed E-state index contributed by atoms with van der Waals surface area (Å²) in [6, 6.07) is 0.646. The van der Waals surface area contributed by atoms with Gasteiger partial charge in [0.1, 0.15) is 5.60 Å². The summed E-state index contributed by atoms with van der Waals surface area (Å²) < 4.78 is 5.48. The Hall–Kier alpha value is -0.810. The molecule has 5 nitrogen and oxygen atoms in total. The Kier molecular flexibility index (Phi) is 6.32. The van der Waals surface area contributed by atoms with Gasteiger partial charge in [-0.3, -0.25) is 4.90 Å². The summed E-state index contributed by atoms with van der Waals surface area (Å²) in [4.78, 5) is 16.7. The van der Waals surface area contributed by atoms with Crippen LogP contribution >= 0.6 is 0 Å². The van der Waals surface area contributed by atoms with E-state index in [4.69, 9.17) is 4.74 Å². The summed E-state index contributed by atoms with van der Waals surface area (Å²) in [6.07, 6.45) is 2.03. The van der Waals surface area contributed by atoms with E-state index < -0.39 is 5.60 Å². The highest BCUT2D eigenvalue weighted by atomic mass is 16.6. The van der Waals surface area contributed by atoms with E-state index in [1.807, 2.05) is 25.7 Å². The lowest BCUT2D eigenvalue weighted by atomic mass is 9.93. The maximum absolute atomic E-state index is 12.1. The van der Waals surface area contributed by atoms with E-state index >= 15 is 0 Å². The average Bonchev–Trinajstić information content (AvgIpc) is 2.46. The highest BCUT2D eigenvalue weighted by Gasteiger charge is 2.30. The molecule has 0 saturated carbocycles. The lowest BCUT2D eigenvalue weighted by Crippen LogP contribution is -2.55. The normalized spacial score (nSPS) is 25.0. The Bertz CT molecular complexity index is 384. The van der Waals surface area contributed by atoms with Crippen LogP contribution in [0.4, 0.5) is 4.79 Å². The molecule has 0 aromatic rings. The van der Waals surface area contributed by atoms with Crippen LogP contribution < -0.4 is 5.32 Å². The predicted octanol–water partition coefficient (Wildman–Crippen LogP) is 2.56. The molecule has 1 atom stereocenters. The highest BCUT2D eigenvalue weighted by Crippen LogP contribution is 2.23. The van der Waals surface area contributed by atoms with Crippen LogP contribution in [0, 0.1) is 11.8 Å². The minimum absolute atomic E-state index is 0.154. The van der Waals surface area contributed by atoms with Gasteiger partial charge in [0, 0.05) is 45.3 Å². The second-order valence-corrected chi connectivity index (χ2v) is 8.42. The van der Waals surface area contributed by atoms with E-state index in [0.717, 1.165) is 45.6 Å². The van der Waals surface area contributed by atoms with Gasteiger partial charge < -0.3 is 15.0 Å². The van der Waals surface area contributed by atoms with Gasteiger partial charge in [-0.25, -0.2) is 4.79 Å². The summed E-state index contributed by atoms with van der Waals surface area (Å²) in [6.45, 7) is 16.6. The van der Waals surface area contributed by atoms with Crippen LogP contribution in [0.2, 0.25) is 0 Å². The van der Waals surface area contributed by atoms with E-state index in [1.54, 1.807) is 0 Å². The van der Waals surface area contributed by atoms with E-state index in [2.05, 4.69) is 24.1 Å². The molecule has 0 unspecified atom stereocenters. The Balaban J connectivity index is 1.79. The maximum atomic E-state index is 12.1. The van der Waals surface area contributed by atoms with Crippen LogP contribution in [0.15, 0.2) is 0 Å². The van der Waals surface area contributed by atoms with Crippen molar-refractivity contribution in [3.63, 3.8) is 0 Å². The van der Waals surface area contributed by atoms with Crippen molar-refractivity contribution in [2.45, 2.75) is 59.1 Å². The standard InChI is InChI=1S/C18H35N3O2/c1-14(2)16-12-19-8-11-21(16)13-15-6-9-20(10-7-15)17(22)23-18(3,4)5/h14-16,19H,6-13H2,1-5H3/t16-/m1/s1. The van der Waals surface area contributed by atoms with Gasteiger partial charge in [0.05, 0.1) is 0 Å². The van der Waals surface area contributed by atoms with Gasteiger partial charge in [-0.2, -0.15) is 0 Å². The van der Waals surface area contributed by atoms with E-state index in [1.165, 1.54) is 6.54 Å². The quantitative estimate of drug-likeness (QED) is 0.866. The third-order valence-corrected chi connectivity index (χ3v) is 4.93. The number of hydrogen-bond donors (Lipinski definition) is 1. The second-order valence-electron chi connectivity index (χ2n) is 8.42. The first-order valence-corrected chi connectivity index (χ1v) is 9.19. The number of ether oxygens (including phenoxy) is 1. The third-order valence-electron chi connectivity index (χ3n) is 4.93. The number of amides is 1. The number of nitrogens with one attached hydrogen (secondary N) is 1. The number of piperidine rings is 1. The molecular weight excluding hydrogens is 290 g/mol. The largest absolute Gasteiger partial charge is 0.444 e. The number of carbonyl (C=O) groups is 1. The van der Waals surface area contributed by atoms with Gasteiger partial charge in [0.25, 0.3) is 0 Å². The van der Waals surface area contributed by atoms with Gasteiger partial charge in [-0.15, -0.1) is 0 Å². The van der Waals surface area contributed by atoms with Crippen molar-refractivity contribution in [2.24, 2.45) is 11.8 Å². The molecule has 2 fully saturated rings. The molecule has 0 aromatic carbocycles. The van der Waals surface area contributed by atoms with Crippen molar-refractivity contribution < 1.29 is 9.53 Å². The Morgan fingerprint density at radius 2 is 1.87 bits per heavy atom. The lowest BCUT2D eigenvalue weighted by molar-refractivity contribution is 0.0148. The van der Waals surface area contributed by atoms with Gasteiger partial charge >= 0.3 is 6.09 Å². The van der Waals surface area contributed by atoms with E-state index in [-0.39, 0.29) is 6.09 Å². The molecule has 0 spiro atoms. The van der Waals surface area contributed by atoms with Crippen LogP contribution in [0.5, 0.6) is 0 Å². The first kappa shape index (κ1) is 18.5. The smallest absolute Gasteiger partial charge is 0.410 e. The van der Waals surface area contributed by atoms with Crippen molar-refractivity contribution in [2.75, 3.05) is 39.3 Å². The Morgan fingerprint density at radius 1 is 1.22 bits per heavy atom. The fourth-order valence-corrected chi connectivity index (χ4v) is 3.61. The molecule has 2 aliphatic rings. The van der Waals surface area contributed by atoms with Crippen LogP contribution in [-0.2, 0) is 4.74 Å². The molecule has 134 valence electrons. The molecule has 0 aliphatic carbocycles. The zero-order valence-corrected chi connectivity index (χ0v) is 15.6. The predicted molar refractivity (Wildman–Crippen MR) is 93.6 cm³/mol. The van der Waals surface area contributed by atoms with Gasteiger partial charge in [0.15, 0.2) is 0 Å². The fraction of sp³-hybridized carbons (Fsp3) is 0.944. The van der Waals surface area contributed by atoms with Gasteiger partial charge in [-0.05, 0) is 45.4 Å². The molecule has 0 radical (unpaired) electrons. The van der Waals surface area contributed by atoms with Crippen LogP contribution in [-0.4, -0.2) is 66.8 Å². The van der Waals surface area contributed by atoms with Crippen molar-refractivity contribution >= 4 is 6.09 Å². The molecule has 0 aromatic heterocycles. The topological polar surface area (TPSA) is 44.8 Å². The maximum Gasteiger partial charge on any atom is 0.410 e. The fourth-order valence-electron chi connectivity index (χ4n) is 3.61. The van der Waals surface area contributed by atoms with Crippen LogP contribution in [0.1, 0.15) is 47.5 Å². The zero-order valence-electron chi connectivity index (χ0n) is 15.6. The van der Waals surface area contributed by atoms with E-state index in [9.17, 15) is 4.79 Å². The minimum Gasteiger partial charge on any atom is -0.444 e. The molecular formula is C18H35N3O2.